The third kappa shape index (κ3) is 1.61. The number of carboxylic acid groups (broad SMARTS) is 1. The zero-order chi connectivity index (χ0) is 9.19. The highest BCUT2D eigenvalue weighted by molar-refractivity contribution is 5.78. The monoisotopic (exact) mass is 171 g/mol. The number of carbonyl (C=O) groups is 1. The number of rotatable bonds is 5. The normalized spacial score (nSPS) is 33.3. The van der Waals surface area contributed by atoms with E-state index in [1.807, 2.05) is 6.92 Å². The van der Waals surface area contributed by atoms with Gasteiger partial charge in [-0.15, -0.1) is 0 Å². The van der Waals surface area contributed by atoms with Crippen LogP contribution in [0, 0.1) is 11.3 Å². The molecule has 0 aliphatic heterocycles. The molecule has 1 fully saturated rings. The van der Waals surface area contributed by atoms with Crippen molar-refractivity contribution in [2.45, 2.75) is 32.6 Å². The average Bonchev–Trinajstić information content (AvgIpc) is 2.64. The second-order valence-corrected chi connectivity index (χ2v) is 3.81. The molecule has 70 valence electrons. The maximum absolute atomic E-state index is 10.9. The van der Waals surface area contributed by atoms with Crippen LogP contribution < -0.4 is 5.73 Å². The molecule has 0 spiro atoms. The predicted molar refractivity (Wildman–Crippen MR) is 46.8 cm³/mol. The molecule has 0 heterocycles. The largest absolute Gasteiger partial charge is 0.481 e. The molecule has 1 rings (SSSR count). The van der Waals surface area contributed by atoms with Crippen molar-refractivity contribution in [1.82, 2.24) is 0 Å². The first-order valence-electron chi connectivity index (χ1n) is 4.57. The Hall–Kier alpha value is -0.570. The Bertz CT molecular complexity index is 181. The standard InChI is InChI=1S/C9H17NO2/c1-7-6-9(7,8(11)12)4-2-3-5-10/h7H,2-6,10H2,1H3,(H,11,12). The molecular formula is C9H17NO2. The third-order valence-electron chi connectivity index (χ3n) is 2.96. The second-order valence-electron chi connectivity index (χ2n) is 3.81. The minimum Gasteiger partial charge on any atom is -0.481 e. The minimum atomic E-state index is -0.618. The van der Waals surface area contributed by atoms with E-state index in [1.165, 1.54) is 0 Å². The number of aliphatic carboxylic acids is 1. The van der Waals surface area contributed by atoms with Crippen molar-refractivity contribution in [2.75, 3.05) is 6.54 Å². The Morgan fingerprint density at radius 3 is 2.58 bits per heavy atom. The van der Waals surface area contributed by atoms with Crippen LogP contribution in [0.4, 0.5) is 0 Å². The van der Waals surface area contributed by atoms with Crippen LogP contribution in [-0.2, 0) is 4.79 Å². The maximum atomic E-state index is 10.9. The molecule has 3 N–H and O–H groups in total. The molecule has 0 saturated heterocycles. The molecule has 0 aromatic carbocycles. The highest BCUT2D eigenvalue weighted by Gasteiger charge is 2.56. The molecule has 12 heavy (non-hydrogen) atoms. The van der Waals surface area contributed by atoms with Crippen molar-refractivity contribution < 1.29 is 9.90 Å². The average molecular weight is 171 g/mol. The molecule has 3 heteroatoms. The zero-order valence-corrected chi connectivity index (χ0v) is 7.55. The van der Waals surface area contributed by atoms with Crippen LogP contribution in [0.3, 0.4) is 0 Å². The van der Waals surface area contributed by atoms with Gasteiger partial charge in [0.2, 0.25) is 0 Å². The Morgan fingerprint density at radius 2 is 2.25 bits per heavy atom. The summed E-state index contributed by atoms with van der Waals surface area (Å²) in [7, 11) is 0. The van der Waals surface area contributed by atoms with Crippen LogP contribution in [0.5, 0.6) is 0 Å². The van der Waals surface area contributed by atoms with Gasteiger partial charge < -0.3 is 10.8 Å². The molecule has 1 saturated carbocycles. The molecule has 0 bridgehead atoms. The smallest absolute Gasteiger partial charge is 0.309 e. The van der Waals surface area contributed by atoms with E-state index in [9.17, 15) is 4.79 Å². The van der Waals surface area contributed by atoms with Gasteiger partial charge in [-0.2, -0.15) is 0 Å². The summed E-state index contributed by atoms with van der Waals surface area (Å²) in [6.45, 7) is 2.68. The van der Waals surface area contributed by atoms with Crippen molar-refractivity contribution in [3.63, 3.8) is 0 Å². The quantitative estimate of drug-likeness (QED) is 0.611. The van der Waals surface area contributed by atoms with Gasteiger partial charge in [0, 0.05) is 0 Å². The molecule has 0 aromatic rings. The van der Waals surface area contributed by atoms with E-state index in [4.69, 9.17) is 10.8 Å². The fraction of sp³-hybridized carbons (Fsp3) is 0.889. The Balaban J connectivity index is 2.33. The molecule has 1 aliphatic carbocycles. The van der Waals surface area contributed by atoms with Crippen LogP contribution in [0.25, 0.3) is 0 Å². The third-order valence-corrected chi connectivity index (χ3v) is 2.96. The van der Waals surface area contributed by atoms with E-state index in [0.29, 0.717) is 12.5 Å². The zero-order valence-electron chi connectivity index (χ0n) is 7.55. The lowest BCUT2D eigenvalue weighted by molar-refractivity contribution is -0.144. The predicted octanol–water partition coefficient (Wildman–Crippen LogP) is 1.23. The van der Waals surface area contributed by atoms with Crippen LogP contribution in [-0.4, -0.2) is 17.6 Å². The van der Waals surface area contributed by atoms with Gasteiger partial charge in [0.25, 0.3) is 0 Å². The van der Waals surface area contributed by atoms with E-state index in [0.717, 1.165) is 25.7 Å². The van der Waals surface area contributed by atoms with Gasteiger partial charge in [-0.1, -0.05) is 13.3 Å². The fourth-order valence-corrected chi connectivity index (χ4v) is 1.83. The first-order valence-corrected chi connectivity index (χ1v) is 4.57. The van der Waals surface area contributed by atoms with E-state index >= 15 is 0 Å². The van der Waals surface area contributed by atoms with Crippen molar-refractivity contribution in [3.8, 4) is 0 Å². The number of hydrogen-bond acceptors (Lipinski definition) is 2. The van der Waals surface area contributed by atoms with Gasteiger partial charge in [-0.05, 0) is 31.7 Å². The molecule has 0 aromatic heterocycles. The Morgan fingerprint density at radius 1 is 1.67 bits per heavy atom. The second kappa shape index (κ2) is 3.44. The molecule has 1 aliphatic rings. The van der Waals surface area contributed by atoms with Crippen molar-refractivity contribution >= 4 is 5.97 Å². The van der Waals surface area contributed by atoms with E-state index in [-0.39, 0.29) is 5.41 Å². The van der Waals surface area contributed by atoms with Crippen molar-refractivity contribution in [3.05, 3.63) is 0 Å². The van der Waals surface area contributed by atoms with Gasteiger partial charge in [-0.3, -0.25) is 4.79 Å². The number of hydrogen-bond donors (Lipinski definition) is 2. The summed E-state index contributed by atoms with van der Waals surface area (Å²) in [5.41, 5.74) is 4.96. The Labute approximate surface area is 72.9 Å². The van der Waals surface area contributed by atoms with Crippen molar-refractivity contribution in [1.29, 1.82) is 0 Å². The SMILES string of the molecule is CC1CC1(CCCCN)C(=O)O. The lowest BCUT2D eigenvalue weighted by atomic mass is 9.97. The number of nitrogens with two attached hydrogens (primary N) is 1. The summed E-state index contributed by atoms with van der Waals surface area (Å²) in [5.74, 6) is -0.250. The first-order chi connectivity index (χ1) is 5.63. The maximum Gasteiger partial charge on any atom is 0.309 e. The van der Waals surface area contributed by atoms with E-state index in [2.05, 4.69) is 0 Å². The molecule has 0 radical (unpaired) electrons. The summed E-state index contributed by atoms with van der Waals surface area (Å²) in [4.78, 5) is 10.9. The minimum absolute atomic E-state index is 0.368. The summed E-state index contributed by atoms with van der Waals surface area (Å²) in [6.07, 6.45) is 3.56. The molecule has 2 unspecified atom stereocenters. The first kappa shape index (κ1) is 9.52. The summed E-state index contributed by atoms with van der Waals surface area (Å²) in [5, 5.41) is 8.94. The van der Waals surface area contributed by atoms with E-state index < -0.39 is 5.97 Å². The highest BCUT2D eigenvalue weighted by atomic mass is 16.4. The fourth-order valence-electron chi connectivity index (χ4n) is 1.83. The van der Waals surface area contributed by atoms with Gasteiger partial charge in [0.15, 0.2) is 0 Å². The lowest BCUT2D eigenvalue weighted by Crippen LogP contribution is -2.17. The van der Waals surface area contributed by atoms with Crippen LogP contribution in [0.2, 0.25) is 0 Å². The summed E-state index contributed by atoms with van der Waals surface area (Å²) in [6, 6.07) is 0. The summed E-state index contributed by atoms with van der Waals surface area (Å²) < 4.78 is 0. The van der Waals surface area contributed by atoms with Crippen molar-refractivity contribution in [2.24, 2.45) is 17.1 Å². The number of carboxylic acids is 1. The molecular weight excluding hydrogens is 154 g/mol. The van der Waals surface area contributed by atoms with Gasteiger partial charge in [0.1, 0.15) is 0 Å². The Kier molecular flexibility index (Phi) is 2.73. The number of unbranched alkanes of at least 4 members (excludes halogenated alkanes) is 1. The molecule has 3 nitrogen and oxygen atoms in total. The van der Waals surface area contributed by atoms with Gasteiger partial charge in [0.05, 0.1) is 5.41 Å². The summed E-state index contributed by atoms with van der Waals surface area (Å²) >= 11 is 0. The lowest BCUT2D eigenvalue weighted by Gasteiger charge is -2.09. The topological polar surface area (TPSA) is 63.3 Å². The van der Waals surface area contributed by atoms with Crippen LogP contribution in [0.1, 0.15) is 32.6 Å². The highest BCUT2D eigenvalue weighted by Crippen LogP contribution is 2.55. The van der Waals surface area contributed by atoms with Crippen LogP contribution >= 0.6 is 0 Å². The van der Waals surface area contributed by atoms with E-state index in [1.54, 1.807) is 0 Å². The van der Waals surface area contributed by atoms with Crippen LogP contribution in [0.15, 0.2) is 0 Å². The van der Waals surface area contributed by atoms with Gasteiger partial charge >= 0.3 is 5.97 Å². The molecule has 0 amide bonds. The molecule has 2 atom stereocenters. The van der Waals surface area contributed by atoms with Gasteiger partial charge in [-0.25, -0.2) is 0 Å².